The lowest BCUT2D eigenvalue weighted by atomic mass is 9.99. The Morgan fingerprint density at radius 3 is 2.81 bits per heavy atom. The predicted octanol–water partition coefficient (Wildman–Crippen LogP) is 3.14. The van der Waals surface area contributed by atoms with E-state index in [4.69, 9.17) is 4.74 Å². The number of carbonyl (C=O) groups is 2. The van der Waals surface area contributed by atoms with Crippen LogP contribution >= 0.6 is 23.1 Å². The first kappa shape index (κ1) is 19.9. The number of thiophene rings is 1. The van der Waals surface area contributed by atoms with Crippen molar-refractivity contribution >= 4 is 35.0 Å². The quantitative estimate of drug-likeness (QED) is 0.507. The fourth-order valence-electron chi connectivity index (χ4n) is 2.75. The van der Waals surface area contributed by atoms with Gasteiger partial charge in [0.25, 0.3) is 0 Å². The molecular weight excluding hydrogens is 384 g/mol. The van der Waals surface area contributed by atoms with Crippen molar-refractivity contribution < 1.29 is 14.3 Å². The van der Waals surface area contributed by atoms with Gasteiger partial charge in [-0.15, -0.1) is 21.5 Å². The SMILES string of the molecule is CC[C@@H](C)[C@H](NC(=O)CSc1nnc(-c2cccs2)n1C1CC1)C(=O)OC. The van der Waals surface area contributed by atoms with E-state index >= 15 is 0 Å². The molecule has 0 saturated heterocycles. The molecule has 2 heterocycles. The zero-order chi connectivity index (χ0) is 19.4. The van der Waals surface area contributed by atoms with Crippen LogP contribution in [0.4, 0.5) is 0 Å². The second kappa shape index (κ2) is 8.88. The molecule has 2 aromatic rings. The molecule has 1 N–H and O–H groups in total. The number of nitrogens with zero attached hydrogens (tertiary/aromatic N) is 3. The summed E-state index contributed by atoms with van der Waals surface area (Å²) in [5.74, 6) is 0.427. The maximum absolute atomic E-state index is 12.4. The Morgan fingerprint density at radius 2 is 2.22 bits per heavy atom. The van der Waals surface area contributed by atoms with Crippen molar-refractivity contribution in [3.05, 3.63) is 17.5 Å². The highest BCUT2D eigenvalue weighted by Gasteiger charge is 2.31. The highest BCUT2D eigenvalue weighted by atomic mass is 32.2. The Kier molecular flexibility index (Phi) is 6.54. The van der Waals surface area contributed by atoms with Crippen molar-refractivity contribution in [3.63, 3.8) is 0 Å². The van der Waals surface area contributed by atoms with E-state index in [1.165, 1.54) is 18.9 Å². The topological polar surface area (TPSA) is 86.1 Å². The highest BCUT2D eigenvalue weighted by Crippen LogP contribution is 2.41. The zero-order valence-electron chi connectivity index (χ0n) is 15.7. The molecule has 9 heteroatoms. The minimum Gasteiger partial charge on any atom is -0.467 e. The standard InChI is InChI=1S/C18H24N4O3S2/c1-4-11(2)15(17(24)25-3)19-14(23)10-27-18-21-20-16(13-6-5-9-26-13)22(18)12-7-8-12/h5-6,9,11-12,15H,4,7-8,10H2,1-3H3,(H,19,23)/t11-,15+/m1/s1. The lowest BCUT2D eigenvalue weighted by molar-refractivity contribution is -0.146. The Balaban J connectivity index is 1.66. The zero-order valence-corrected chi connectivity index (χ0v) is 17.3. The number of rotatable bonds is 9. The minimum absolute atomic E-state index is 0.00643. The lowest BCUT2D eigenvalue weighted by Gasteiger charge is -2.21. The van der Waals surface area contributed by atoms with Crippen molar-refractivity contribution in [1.82, 2.24) is 20.1 Å². The van der Waals surface area contributed by atoms with E-state index in [1.54, 1.807) is 11.3 Å². The molecule has 2 aromatic heterocycles. The second-order valence-electron chi connectivity index (χ2n) is 6.63. The number of ether oxygens (including phenoxy) is 1. The van der Waals surface area contributed by atoms with Crippen LogP contribution in [-0.4, -0.2) is 45.5 Å². The van der Waals surface area contributed by atoms with Crippen molar-refractivity contribution in [1.29, 1.82) is 0 Å². The third-order valence-corrected chi connectivity index (χ3v) is 6.44. The molecule has 1 amide bonds. The van der Waals surface area contributed by atoms with Crippen molar-refractivity contribution in [2.45, 2.75) is 50.4 Å². The van der Waals surface area contributed by atoms with Crippen LogP contribution in [0.15, 0.2) is 22.7 Å². The van der Waals surface area contributed by atoms with Gasteiger partial charge in [-0.05, 0) is 30.2 Å². The van der Waals surface area contributed by atoms with Gasteiger partial charge in [-0.25, -0.2) is 4.79 Å². The molecule has 0 unspecified atom stereocenters. The molecule has 0 radical (unpaired) electrons. The van der Waals surface area contributed by atoms with E-state index < -0.39 is 12.0 Å². The molecule has 0 spiro atoms. The molecular formula is C18H24N4O3S2. The molecule has 1 fully saturated rings. The van der Waals surface area contributed by atoms with Gasteiger partial charge in [-0.3, -0.25) is 9.36 Å². The Morgan fingerprint density at radius 1 is 1.44 bits per heavy atom. The molecule has 0 aromatic carbocycles. The first-order valence-corrected chi connectivity index (χ1v) is 10.9. The van der Waals surface area contributed by atoms with E-state index in [0.717, 1.165) is 35.1 Å². The Bertz CT molecular complexity index is 787. The summed E-state index contributed by atoms with van der Waals surface area (Å²) in [6.07, 6.45) is 2.98. The van der Waals surface area contributed by atoms with Gasteiger partial charge in [0.15, 0.2) is 11.0 Å². The Hall–Kier alpha value is -1.87. The summed E-state index contributed by atoms with van der Waals surface area (Å²) in [6.45, 7) is 3.90. The maximum atomic E-state index is 12.4. The minimum atomic E-state index is -0.629. The molecule has 3 rings (SSSR count). The van der Waals surface area contributed by atoms with Gasteiger partial charge < -0.3 is 10.1 Å². The molecule has 0 bridgehead atoms. The van der Waals surface area contributed by atoms with E-state index in [0.29, 0.717) is 6.04 Å². The summed E-state index contributed by atoms with van der Waals surface area (Å²) in [5, 5.41) is 14.2. The van der Waals surface area contributed by atoms with Crippen LogP contribution in [0.3, 0.4) is 0 Å². The van der Waals surface area contributed by atoms with Gasteiger partial charge in [0.2, 0.25) is 5.91 Å². The number of amides is 1. The number of thioether (sulfide) groups is 1. The Labute approximate surface area is 166 Å². The summed E-state index contributed by atoms with van der Waals surface area (Å²) in [7, 11) is 1.34. The number of aromatic nitrogens is 3. The van der Waals surface area contributed by atoms with Gasteiger partial charge in [-0.1, -0.05) is 38.1 Å². The van der Waals surface area contributed by atoms with Crippen molar-refractivity contribution in [2.24, 2.45) is 5.92 Å². The molecule has 7 nitrogen and oxygen atoms in total. The third kappa shape index (κ3) is 4.70. The van der Waals surface area contributed by atoms with Gasteiger partial charge in [-0.2, -0.15) is 0 Å². The van der Waals surface area contributed by atoms with Gasteiger partial charge >= 0.3 is 5.97 Å². The number of methoxy groups -OCH3 is 1. The summed E-state index contributed by atoms with van der Waals surface area (Å²) in [6, 6.07) is 3.80. The van der Waals surface area contributed by atoms with Crippen LogP contribution in [0, 0.1) is 5.92 Å². The van der Waals surface area contributed by atoms with E-state index in [9.17, 15) is 9.59 Å². The van der Waals surface area contributed by atoms with Crippen molar-refractivity contribution in [2.75, 3.05) is 12.9 Å². The van der Waals surface area contributed by atoms with Gasteiger partial charge in [0.1, 0.15) is 6.04 Å². The number of hydrogen-bond donors (Lipinski definition) is 1. The fraction of sp³-hybridized carbons (Fsp3) is 0.556. The fourth-order valence-corrected chi connectivity index (χ4v) is 4.27. The van der Waals surface area contributed by atoms with Crippen molar-refractivity contribution in [3.8, 4) is 10.7 Å². The number of carbonyl (C=O) groups excluding carboxylic acids is 2. The summed E-state index contributed by atoms with van der Waals surface area (Å²) < 4.78 is 6.95. The van der Waals surface area contributed by atoms with Gasteiger partial charge in [0.05, 0.1) is 17.7 Å². The normalized spacial score (nSPS) is 16.0. The summed E-state index contributed by atoms with van der Waals surface area (Å²) in [4.78, 5) is 25.4. The maximum Gasteiger partial charge on any atom is 0.328 e. The van der Waals surface area contributed by atoms with Crippen LogP contribution in [0.1, 0.15) is 39.2 Å². The van der Waals surface area contributed by atoms with E-state index in [-0.39, 0.29) is 17.6 Å². The molecule has 1 aliphatic carbocycles. The molecule has 1 aliphatic rings. The molecule has 1 saturated carbocycles. The average molecular weight is 409 g/mol. The van der Waals surface area contributed by atoms with Crippen LogP contribution < -0.4 is 5.32 Å². The number of nitrogens with one attached hydrogen (secondary N) is 1. The monoisotopic (exact) mass is 408 g/mol. The second-order valence-corrected chi connectivity index (χ2v) is 8.52. The molecule has 0 aliphatic heterocycles. The van der Waals surface area contributed by atoms with Crippen LogP contribution in [0.25, 0.3) is 10.7 Å². The van der Waals surface area contributed by atoms with E-state index in [1.807, 2.05) is 31.4 Å². The first-order valence-electron chi connectivity index (χ1n) is 9.03. The number of hydrogen-bond acceptors (Lipinski definition) is 7. The highest BCUT2D eigenvalue weighted by molar-refractivity contribution is 7.99. The number of esters is 1. The van der Waals surface area contributed by atoms with Crippen LogP contribution in [0.5, 0.6) is 0 Å². The predicted molar refractivity (Wildman–Crippen MR) is 106 cm³/mol. The summed E-state index contributed by atoms with van der Waals surface area (Å²) in [5.41, 5.74) is 0. The third-order valence-electron chi connectivity index (χ3n) is 4.64. The largest absolute Gasteiger partial charge is 0.467 e. The van der Waals surface area contributed by atoms with Crippen LogP contribution in [-0.2, 0) is 14.3 Å². The van der Waals surface area contributed by atoms with E-state index in [2.05, 4.69) is 20.1 Å². The smallest absolute Gasteiger partial charge is 0.328 e. The molecule has 27 heavy (non-hydrogen) atoms. The lowest BCUT2D eigenvalue weighted by Crippen LogP contribution is -2.46. The average Bonchev–Trinajstić information content (AvgIpc) is 3.20. The van der Waals surface area contributed by atoms with Gasteiger partial charge in [0, 0.05) is 6.04 Å². The molecule has 146 valence electrons. The van der Waals surface area contributed by atoms with Crippen LogP contribution in [0.2, 0.25) is 0 Å². The first-order chi connectivity index (χ1) is 13.0. The summed E-state index contributed by atoms with van der Waals surface area (Å²) >= 11 is 2.98. The molecule has 2 atom stereocenters.